The molecule has 148 valence electrons. The molecular formula is C19H16N4O5S. The maximum absolute atomic E-state index is 12.1. The molecule has 0 aliphatic carbocycles. The minimum atomic E-state index is -3.71. The van der Waals surface area contributed by atoms with E-state index in [0.29, 0.717) is 16.8 Å². The summed E-state index contributed by atoms with van der Waals surface area (Å²) in [5.74, 6) is -1.33. The van der Waals surface area contributed by atoms with Gasteiger partial charge in [-0.15, -0.1) is 0 Å². The van der Waals surface area contributed by atoms with Crippen molar-refractivity contribution in [1.82, 2.24) is 4.72 Å². The minimum absolute atomic E-state index is 0.0443. The number of fused-ring (bicyclic) bond motifs is 1. The lowest BCUT2D eigenvalue weighted by Gasteiger charge is -2.10. The summed E-state index contributed by atoms with van der Waals surface area (Å²) >= 11 is 0. The molecule has 10 heteroatoms. The predicted molar refractivity (Wildman–Crippen MR) is 104 cm³/mol. The topological polar surface area (TPSA) is 138 Å². The molecule has 1 heterocycles. The summed E-state index contributed by atoms with van der Waals surface area (Å²) in [5.41, 5.74) is 1.14. The van der Waals surface area contributed by atoms with Crippen LogP contribution >= 0.6 is 0 Å². The van der Waals surface area contributed by atoms with Crippen LogP contribution in [0.15, 0.2) is 58.4 Å². The van der Waals surface area contributed by atoms with Crippen molar-refractivity contribution in [2.24, 2.45) is 4.99 Å². The summed E-state index contributed by atoms with van der Waals surface area (Å²) < 4.78 is 31.4. The Kier molecular flexibility index (Phi) is 5.61. The van der Waals surface area contributed by atoms with Gasteiger partial charge in [0, 0.05) is 11.3 Å². The lowest BCUT2D eigenvalue weighted by atomic mass is 10.2. The van der Waals surface area contributed by atoms with Crippen LogP contribution in [0.2, 0.25) is 0 Å². The zero-order valence-corrected chi connectivity index (χ0v) is 16.1. The van der Waals surface area contributed by atoms with Gasteiger partial charge in [0.05, 0.1) is 16.5 Å². The fraction of sp³-hybridized carbons (Fsp3) is 0.158. The molecule has 0 aromatic heterocycles. The van der Waals surface area contributed by atoms with E-state index in [2.05, 4.69) is 15.0 Å². The van der Waals surface area contributed by atoms with E-state index in [1.54, 1.807) is 36.4 Å². The standard InChI is InChI=1S/C19H16N4O5S/c1-12(21-18-15-7-2-3-8-16(15)29(26,27)23-18)19(25)28-11-17(24)22-14-6-4-5-13(9-14)10-20/h2-9,12H,11H2,1H3,(H,21,23)(H,22,24)/t12-/m0/s1. The molecular weight excluding hydrogens is 396 g/mol. The number of hydrogen-bond acceptors (Lipinski definition) is 7. The van der Waals surface area contributed by atoms with Crippen molar-refractivity contribution < 1.29 is 22.7 Å². The van der Waals surface area contributed by atoms with Crippen LogP contribution in [0.25, 0.3) is 0 Å². The maximum Gasteiger partial charge on any atom is 0.331 e. The second-order valence-corrected chi connectivity index (χ2v) is 7.75. The van der Waals surface area contributed by atoms with E-state index in [0.717, 1.165) is 0 Å². The van der Waals surface area contributed by atoms with Gasteiger partial charge in [0.1, 0.15) is 11.9 Å². The summed E-state index contributed by atoms with van der Waals surface area (Å²) in [7, 11) is -3.71. The summed E-state index contributed by atoms with van der Waals surface area (Å²) in [4.78, 5) is 28.2. The Morgan fingerprint density at radius 2 is 2.00 bits per heavy atom. The number of amidine groups is 1. The first kappa shape index (κ1) is 20.0. The highest BCUT2D eigenvalue weighted by Gasteiger charge is 2.31. The molecule has 2 aromatic carbocycles. The first-order chi connectivity index (χ1) is 13.8. The van der Waals surface area contributed by atoms with E-state index in [1.165, 1.54) is 19.1 Å². The van der Waals surface area contributed by atoms with Crippen molar-refractivity contribution >= 4 is 33.4 Å². The van der Waals surface area contributed by atoms with E-state index >= 15 is 0 Å². The molecule has 0 spiro atoms. The van der Waals surface area contributed by atoms with Gasteiger partial charge < -0.3 is 10.1 Å². The Hall–Kier alpha value is -3.71. The summed E-state index contributed by atoms with van der Waals surface area (Å²) in [6.45, 7) is 0.881. The van der Waals surface area contributed by atoms with Gasteiger partial charge in [-0.2, -0.15) is 5.26 Å². The van der Waals surface area contributed by atoms with E-state index in [-0.39, 0.29) is 10.7 Å². The molecule has 0 bridgehead atoms. The van der Waals surface area contributed by atoms with Crippen LogP contribution in [0.5, 0.6) is 0 Å². The van der Waals surface area contributed by atoms with Crippen LogP contribution in [0.1, 0.15) is 18.1 Å². The van der Waals surface area contributed by atoms with Gasteiger partial charge in [0.2, 0.25) is 0 Å². The number of nitrogens with one attached hydrogen (secondary N) is 2. The van der Waals surface area contributed by atoms with E-state index in [4.69, 9.17) is 10.00 Å². The van der Waals surface area contributed by atoms with Crippen molar-refractivity contribution in [2.75, 3.05) is 11.9 Å². The van der Waals surface area contributed by atoms with Crippen molar-refractivity contribution in [3.05, 3.63) is 59.7 Å². The highest BCUT2D eigenvalue weighted by molar-refractivity contribution is 7.90. The molecule has 9 nitrogen and oxygen atoms in total. The summed E-state index contributed by atoms with van der Waals surface area (Å²) in [6.07, 6.45) is 0. The normalized spacial score (nSPS) is 16.2. The number of ether oxygens (including phenoxy) is 1. The molecule has 1 aliphatic heterocycles. The smallest absolute Gasteiger partial charge is 0.331 e. The molecule has 0 unspecified atom stereocenters. The lowest BCUT2D eigenvalue weighted by Crippen LogP contribution is -2.28. The number of rotatable bonds is 5. The van der Waals surface area contributed by atoms with Gasteiger partial charge >= 0.3 is 5.97 Å². The number of hydrogen-bond donors (Lipinski definition) is 2. The number of nitrogens with zero attached hydrogens (tertiary/aromatic N) is 2. The zero-order chi connectivity index (χ0) is 21.0. The number of amides is 1. The number of carbonyl (C=O) groups is 2. The number of benzene rings is 2. The van der Waals surface area contributed by atoms with Crippen LogP contribution < -0.4 is 10.0 Å². The van der Waals surface area contributed by atoms with E-state index in [9.17, 15) is 18.0 Å². The second-order valence-electron chi connectivity index (χ2n) is 6.10. The van der Waals surface area contributed by atoms with Crippen molar-refractivity contribution in [3.8, 4) is 6.07 Å². The van der Waals surface area contributed by atoms with Crippen LogP contribution in [-0.2, 0) is 24.3 Å². The van der Waals surface area contributed by atoms with Gasteiger partial charge in [-0.25, -0.2) is 13.2 Å². The first-order valence-electron chi connectivity index (χ1n) is 8.47. The molecule has 0 saturated carbocycles. The van der Waals surface area contributed by atoms with Crippen LogP contribution in [0.4, 0.5) is 5.69 Å². The number of esters is 1. The van der Waals surface area contributed by atoms with Gasteiger partial charge in [-0.1, -0.05) is 18.2 Å². The highest BCUT2D eigenvalue weighted by atomic mass is 32.2. The molecule has 2 aromatic rings. The van der Waals surface area contributed by atoms with Crippen molar-refractivity contribution in [1.29, 1.82) is 5.26 Å². The van der Waals surface area contributed by atoms with E-state index in [1.807, 2.05) is 6.07 Å². The first-order valence-corrected chi connectivity index (χ1v) is 9.95. The van der Waals surface area contributed by atoms with Gasteiger partial charge in [-0.3, -0.25) is 14.5 Å². The SMILES string of the molecule is C[C@H](N=C1NS(=O)(=O)c2ccccc21)C(=O)OCC(=O)Nc1cccc(C#N)c1. The lowest BCUT2D eigenvalue weighted by molar-refractivity contribution is -0.148. The van der Waals surface area contributed by atoms with Crippen LogP contribution in [-0.4, -0.2) is 38.8 Å². The third kappa shape index (κ3) is 4.59. The fourth-order valence-electron chi connectivity index (χ4n) is 2.60. The average molecular weight is 412 g/mol. The quantitative estimate of drug-likeness (QED) is 0.707. The van der Waals surface area contributed by atoms with E-state index < -0.39 is 34.5 Å². The van der Waals surface area contributed by atoms with Crippen LogP contribution in [0.3, 0.4) is 0 Å². The number of aliphatic imine (C=N–C) groups is 1. The zero-order valence-electron chi connectivity index (χ0n) is 15.2. The molecule has 0 saturated heterocycles. The molecule has 0 radical (unpaired) electrons. The predicted octanol–water partition coefficient (Wildman–Crippen LogP) is 1.17. The minimum Gasteiger partial charge on any atom is -0.454 e. The summed E-state index contributed by atoms with van der Waals surface area (Å²) in [6, 6.07) is 13.5. The molecule has 1 aliphatic rings. The molecule has 1 amide bonds. The van der Waals surface area contributed by atoms with Gasteiger partial charge in [0.25, 0.3) is 15.9 Å². The van der Waals surface area contributed by atoms with Gasteiger partial charge in [0.15, 0.2) is 6.61 Å². The molecule has 0 fully saturated rings. The third-order valence-corrected chi connectivity index (χ3v) is 5.34. The molecule has 3 rings (SSSR count). The Balaban J connectivity index is 1.61. The van der Waals surface area contributed by atoms with Crippen molar-refractivity contribution in [2.45, 2.75) is 17.9 Å². The largest absolute Gasteiger partial charge is 0.454 e. The van der Waals surface area contributed by atoms with Crippen LogP contribution in [0, 0.1) is 11.3 Å². The second kappa shape index (κ2) is 8.12. The number of nitriles is 1. The maximum atomic E-state index is 12.1. The molecule has 29 heavy (non-hydrogen) atoms. The van der Waals surface area contributed by atoms with Crippen molar-refractivity contribution in [3.63, 3.8) is 0 Å². The average Bonchev–Trinajstić information content (AvgIpc) is 2.96. The molecule has 1 atom stereocenters. The third-order valence-electron chi connectivity index (χ3n) is 3.95. The number of sulfonamides is 1. The Labute approximate surface area is 167 Å². The highest BCUT2D eigenvalue weighted by Crippen LogP contribution is 2.22. The molecule has 2 N–H and O–H groups in total. The monoisotopic (exact) mass is 412 g/mol. The van der Waals surface area contributed by atoms with Gasteiger partial charge in [-0.05, 0) is 37.3 Å². The summed E-state index contributed by atoms with van der Waals surface area (Å²) in [5, 5.41) is 11.4. The number of anilines is 1. The Morgan fingerprint density at radius 3 is 2.76 bits per heavy atom. The number of carbonyl (C=O) groups excluding carboxylic acids is 2. The fourth-order valence-corrected chi connectivity index (χ4v) is 3.84. The Bertz CT molecular complexity index is 1150. The Morgan fingerprint density at radius 1 is 1.24 bits per heavy atom.